The molecule has 0 fully saturated rings. The van der Waals surface area contributed by atoms with Gasteiger partial charge in [-0.3, -0.25) is 4.79 Å². The van der Waals surface area contributed by atoms with Gasteiger partial charge in [-0.25, -0.2) is 0 Å². The molecule has 0 saturated heterocycles. The van der Waals surface area contributed by atoms with Gasteiger partial charge in [0.1, 0.15) is 0 Å². The first-order valence-corrected chi connectivity index (χ1v) is 7.67. The van der Waals surface area contributed by atoms with E-state index in [0.717, 1.165) is 29.3 Å². The van der Waals surface area contributed by atoms with Crippen LogP contribution in [0.15, 0.2) is 0 Å². The molecular formula is C15H23NOS. The standard InChI is InChI=1S/C15H23NOS/c1-8(2)10-5-6-11-12(7-10)18-15(16)13(11)14(17)9(3)4/h8-10H,5-7,16H2,1-4H3. The van der Waals surface area contributed by atoms with Gasteiger partial charge in [-0.15, -0.1) is 11.3 Å². The predicted octanol–water partition coefficient (Wildman–Crippen LogP) is 3.93. The molecule has 1 aliphatic rings. The number of thiophene rings is 1. The maximum atomic E-state index is 12.2. The SMILES string of the molecule is CC(C)C(=O)c1c(N)sc2c1CCC(C(C)C)C2. The average molecular weight is 265 g/mol. The zero-order valence-corrected chi connectivity index (χ0v) is 12.6. The van der Waals surface area contributed by atoms with E-state index in [1.165, 1.54) is 16.9 Å². The molecule has 0 radical (unpaired) electrons. The van der Waals surface area contributed by atoms with Gasteiger partial charge in [-0.2, -0.15) is 0 Å². The summed E-state index contributed by atoms with van der Waals surface area (Å²) in [6.07, 6.45) is 3.33. The van der Waals surface area contributed by atoms with E-state index >= 15 is 0 Å². The molecule has 1 unspecified atom stereocenters. The lowest BCUT2D eigenvalue weighted by Crippen LogP contribution is -2.19. The summed E-state index contributed by atoms with van der Waals surface area (Å²) in [5.74, 6) is 1.71. The topological polar surface area (TPSA) is 43.1 Å². The van der Waals surface area contributed by atoms with Gasteiger partial charge >= 0.3 is 0 Å². The number of anilines is 1. The third kappa shape index (κ3) is 2.33. The quantitative estimate of drug-likeness (QED) is 0.841. The molecule has 1 atom stereocenters. The molecule has 0 aliphatic heterocycles. The van der Waals surface area contributed by atoms with Crippen molar-refractivity contribution in [2.24, 2.45) is 17.8 Å². The average Bonchev–Trinajstić information content (AvgIpc) is 2.62. The van der Waals surface area contributed by atoms with Crippen molar-refractivity contribution in [1.29, 1.82) is 0 Å². The van der Waals surface area contributed by atoms with Crippen LogP contribution < -0.4 is 5.73 Å². The Bertz CT molecular complexity index is 459. The number of hydrogen-bond acceptors (Lipinski definition) is 3. The van der Waals surface area contributed by atoms with Gasteiger partial charge in [0.25, 0.3) is 0 Å². The van der Waals surface area contributed by atoms with Crippen molar-refractivity contribution in [1.82, 2.24) is 0 Å². The molecule has 0 bridgehead atoms. The van der Waals surface area contributed by atoms with E-state index in [2.05, 4.69) is 13.8 Å². The summed E-state index contributed by atoms with van der Waals surface area (Å²) < 4.78 is 0. The van der Waals surface area contributed by atoms with Crippen molar-refractivity contribution in [3.05, 3.63) is 16.0 Å². The Morgan fingerprint density at radius 1 is 1.33 bits per heavy atom. The monoisotopic (exact) mass is 265 g/mol. The molecular weight excluding hydrogens is 242 g/mol. The second-order valence-corrected chi connectivity index (χ2v) is 7.15. The minimum Gasteiger partial charge on any atom is -0.390 e. The van der Waals surface area contributed by atoms with Gasteiger partial charge in [-0.1, -0.05) is 27.7 Å². The summed E-state index contributed by atoms with van der Waals surface area (Å²) in [6, 6.07) is 0. The maximum Gasteiger partial charge on any atom is 0.168 e. The number of carbonyl (C=O) groups is 1. The van der Waals surface area contributed by atoms with Crippen LogP contribution in [0, 0.1) is 17.8 Å². The van der Waals surface area contributed by atoms with Crippen LogP contribution in [-0.4, -0.2) is 5.78 Å². The van der Waals surface area contributed by atoms with Crippen molar-refractivity contribution >= 4 is 22.1 Å². The summed E-state index contributed by atoms with van der Waals surface area (Å²) >= 11 is 1.64. The van der Waals surface area contributed by atoms with E-state index in [-0.39, 0.29) is 11.7 Å². The Kier molecular flexibility index (Phi) is 3.81. The Balaban J connectivity index is 2.35. The highest BCUT2D eigenvalue weighted by Gasteiger charge is 2.29. The van der Waals surface area contributed by atoms with Gasteiger partial charge in [-0.05, 0) is 36.7 Å². The van der Waals surface area contributed by atoms with E-state index < -0.39 is 0 Å². The zero-order valence-electron chi connectivity index (χ0n) is 11.7. The first-order chi connectivity index (χ1) is 8.41. The van der Waals surface area contributed by atoms with Crippen molar-refractivity contribution in [3.8, 4) is 0 Å². The number of nitrogen functional groups attached to an aromatic ring is 1. The highest BCUT2D eigenvalue weighted by atomic mass is 32.1. The van der Waals surface area contributed by atoms with Crippen LogP contribution in [0.2, 0.25) is 0 Å². The number of rotatable bonds is 3. The highest BCUT2D eigenvalue weighted by Crippen LogP contribution is 2.40. The number of nitrogens with two attached hydrogens (primary N) is 1. The fourth-order valence-electron chi connectivity index (χ4n) is 2.76. The normalized spacial score (nSPS) is 19.3. The summed E-state index contributed by atoms with van der Waals surface area (Å²) in [5, 5.41) is 0.739. The van der Waals surface area contributed by atoms with Crippen molar-refractivity contribution in [3.63, 3.8) is 0 Å². The Morgan fingerprint density at radius 3 is 2.56 bits per heavy atom. The molecule has 0 saturated carbocycles. The smallest absolute Gasteiger partial charge is 0.168 e. The first-order valence-electron chi connectivity index (χ1n) is 6.86. The molecule has 0 spiro atoms. The first kappa shape index (κ1) is 13.6. The number of Topliss-reactive ketones (excluding diaryl/α,β-unsaturated/α-hetero) is 1. The number of ketones is 1. The van der Waals surface area contributed by atoms with Gasteiger partial charge in [0.15, 0.2) is 5.78 Å². The number of fused-ring (bicyclic) bond motifs is 1. The van der Waals surface area contributed by atoms with Gasteiger partial charge in [0.2, 0.25) is 0 Å². The largest absolute Gasteiger partial charge is 0.390 e. The van der Waals surface area contributed by atoms with Gasteiger partial charge < -0.3 is 5.73 Å². The third-order valence-corrected chi connectivity index (χ3v) is 5.13. The minimum absolute atomic E-state index is 0.0359. The second-order valence-electron chi connectivity index (χ2n) is 6.01. The van der Waals surface area contributed by atoms with E-state index in [4.69, 9.17) is 5.73 Å². The highest BCUT2D eigenvalue weighted by molar-refractivity contribution is 7.16. The molecule has 0 amide bonds. The lowest BCUT2D eigenvalue weighted by Gasteiger charge is -2.25. The molecule has 3 heteroatoms. The fraction of sp³-hybridized carbons (Fsp3) is 0.667. The predicted molar refractivity (Wildman–Crippen MR) is 78.3 cm³/mol. The second kappa shape index (κ2) is 5.04. The van der Waals surface area contributed by atoms with E-state index in [0.29, 0.717) is 5.92 Å². The van der Waals surface area contributed by atoms with Gasteiger partial charge in [0.05, 0.1) is 10.6 Å². The summed E-state index contributed by atoms with van der Waals surface area (Å²) in [6.45, 7) is 8.47. The third-order valence-electron chi connectivity index (χ3n) is 4.04. The van der Waals surface area contributed by atoms with Crippen LogP contribution >= 0.6 is 11.3 Å². The van der Waals surface area contributed by atoms with Crippen LogP contribution in [0.3, 0.4) is 0 Å². The Labute approximate surface area is 114 Å². The van der Waals surface area contributed by atoms with Crippen LogP contribution in [0.25, 0.3) is 0 Å². The zero-order chi connectivity index (χ0) is 13.4. The molecule has 0 aromatic carbocycles. The van der Waals surface area contributed by atoms with Crippen LogP contribution in [-0.2, 0) is 12.8 Å². The number of hydrogen-bond donors (Lipinski definition) is 1. The summed E-state index contributed by atoms with van der Waals surface area (Å²) in [5.41, 5.74) is 8.18. The maximum absolute atomic E-state index is 12.2. The lowest BCUT2D eigenvalue weighted by molar-refractivity contribution is 0.0939. The van der Waals surface area contributed by atoms with E-state index in [1.807, 2.05) is 13.8 Å². The Hall–Kier alpha value is -0.830. The van der Waals surface area contributed by atoms with Crippen molar-refractivity contribution in [2.75, 3.05) is 5.73 Å². The van der Waals surface area contributed by atoms with E-state index in [1.54, 1.807) is 11.3 Å². The van der Waals surface area contributed by atoms with Gasteiger partial charge in [0, 0.05) is 10.8 Å². The number of carbonyl (C=O) groups excluding carboxylic acids is 1. The molecule has 2 rings (SSSR count). The summed E-state index contributed by atoms with van der Waals surface area (Å²) in [7, 11) is 0. The molecule has 18 heavy (non-hydrogen) atoms. The van der Waals surface area contributed by atoms with Crippen molar-refractivity contribution in [2.45, 2.75) is 47.0 Å². The molecule has 1 aromatic heterocycles. The molecule has 100 valence electrons. The van der Waals surface area contributed by atoms with Crippen LogP contribution in [0.5, 0.6) is 0 Å². The van der Waals surface area contributed by atoms with Crippen molar-refractivity contribution < 1.29 is 4.79 Å². The molecule has 2 N–H and O–H groups in total. The van der Waals surface area contributed by atoms with Crippen LogP contribution in [0.1, 0.15) is 54.9 Å². The lowest BCUT2D eigenvalue weighted by atomic mass is 9.80. The molecule has 1 aromatic rings. The Morgan fingerprint density at radius 2 is 2.00 bits per heavy atom. The summed E-state index contributed by atoms with van der Waals surface area (Å²) in [4.78, 5) is 13.6. The molecule has 2 nitrogen and oxygen atoms in total. The van der Waals surface area contributed by atoms with E-state index in [9.17, 15) is 4.79 Å². The van der Waals surface area contributed by atoms with Crippen LogP contribution in [0.4, 0.5) is 5.00 Å². The fourth-order valence-corrected chi connectivity index (χ4v) is 3.98. The minimum atomic E-state index is 0.0359. The molecule has 1 aliphatic carbocycles. The molecule has 1 heterocycles.